The summed E-state index contributed by atoms with van der Waals surface area (Å²) in [5, 5.41) is 9.61. The molecule has 1 unspecified atom stereocenters. The van der Waals surface area contributed by atoms with E-state index in [0.717, 1.165) is 11.3 Å². The van der Waals surface area contributed by atoms with E-state index in [2.05, 4.69) is 15.7 Å². The summed E-state index contributed by atoms with van der Waals surface area (Å²) in [6.45, 7) is 8.23. The first-order valence-electron chi connectivity index (χ1n) is 8.51. The lowest BCUT2D eigenvalue weighted by molar-refractivity contribution is -0.123. The summed E-state index contributed by atoms with van der Waals surface area (Å²) in [7, 11) is 1.78. The molecule has 1 aromatic heterocycles. The fourth-order valence-corrected chi connectivity index (χ4v) is 2.64. The van der Waals surface area contributed by atoms with Crippen LogP contribution >= 0.6 is 0 Å². The van der Waals surface area contributed by atoms with Gasteiger partial charge in [-0.05, 0) is 39.3 Å². The standard InChI is InChI=1S/C19H24N4O4/c1-10-8-7-9-15(16(10)20-14(5)24)19(26)27-13(4)18(25)21-17-11(2)22-23(6)12(17)3/h7-9,13H,1-6H3,(H,20,24)(H,21,25). The normalized spacial score (nSPS) is 11.6. The highest BCUT2D eigenvalue weighted by Gasteiger charge is 2.23. The minimum absolute atomic E-state index is 0.193. The predicted octanol–water partition coefficient (Wildman–Crippen LogP) is 2.49. The van der Waals surface area contributed by atoms with E-state index in [1.54, 1.807) is 43.8 Å². The third-order valence-corrected chi connectivity index (χ3v) is 4.20. The highest BCUT2D eigenvalue weighted by atomic mass is 16.5. The number of hydrogen-bond donors (Lipinski definition) is 2. The minimum Gasteiger partial charge on any atom is -0.449 e. The Bertz CT molecular complexity index is 901. The SMILES string of the molecule is CC(=O)Nc1c(C)cccc1C(=O)OC(C)C(=O)Nc1c(C)nn(C)c1C. The molecule has 0 bridgehead atoms. The summed E-state index contributed by atoms with van der Waals surface area (Å²) in [6, 6.07) is 5.00. The number of carbonyl (C=O) groups is 3. The highest BCUT2D eigenvalue weighted by Crippen LogP contribution is 2.23. The van der Waals surface area contributed by atoms with E-state index in [1.165, 1.54) is 13.8 Å². The van der Waals surface area contributed by atoms with Gasteiger partial charge in [-0.2, -0.15) is 5.10 Å². The van der Waals surface area contributed by atoms with Crippen molar-refractivity contribution in [1.29, 1.82) is 0 Å². The molecule has 2 N–H and O–H groups in total. The van der Waals surface area contributed by atoms with Gasteiger partial charge in [0.2, 0.25) is 5.91 Å². The molecule has 144 valence electrons. The van der Waals surface area contributed by atoms with Crippen LogP contribution in [0.25, 0.3) is 0 Å². The smallest absolute Gasteiger partial charge is 0.341 e. The molecule has 0 fully saturated rings. The molecule has 0 aliphatic rings. The average molecular weight is 372 g/mol. The van der Waals surface area contributed by atoms with Gasteiger partial charge in [0.05, 0.1) is 28.3 Å². The molecular formula is C19H24N4O4. The lowest BCUT2D eigenvalue weighted by atomic mass is 10.1. The van der Waals surface area contributed by atoms with Gasteiger partial charge in [-0.15, -0.1) is 0 Å². The van der Waals surface area contributed by atoms with Gasteiger partial charge < -0.3 is 15.4 Å². The maximum Gasteiger partial charge on any atom is 0.341 e. The molecule has 2 amide bonds. The Morgan fingerprint density at radius 2 is 1.78 bits per heavy atom. The second kappa shape index (κ2) is 8.03. The molecule has 0 radical (unpaired) electrons. The Balaban J connectivity index is 2.15. The fraction of sp³-hybridized carbons (Fsp3) is 0.368. The van der Waals surface area contributed by atoms with E-state index in [9.17, 15) is 14.4 Å². The Morgan fingerprint density at radius 1 is 1.11 bits per heavy atom. The molecule has 8 heteroatoms. The van der Waals surface area contributed by atoms with Crippen LogP contribution in [0, 0.1) is 20.8 Å². The van der Waals surface area contributed by atoms with Gasteiger partial charge in [0.1, 0.15) is 0 Å². The maximum absolute atomic E-state index is 12.5. The summed E-state index contributed by atoms with van der Waals surface area (Å²) in [4.78, 5) is 36.4. The second-order valence-electron chi connectivity index (χ2n) is 6.38. The van der Waals surface area contributed by atoms with Crippen LogP contribution in [0.3, 0.4) is 0 Å². The molecule has 0 spiro atoms. The van der Waals surface area contributed by atoms with E-state index in [-0.39, 0.29) is 11.5 Å². The number of carbonyl (C=O) groups excluding carboxylic acids is 3. The van der Waals surface area contributed by atoms with E-state index < -0.39 is 18.0 Å². The van der Waals surface area contributed by atoms with Crippen molar-refractivity contribution >= 4 is 29.2 Å². The first-order chi connectivity index (χ1) is 12.6. The van der Waals surface area contributed by atoms with Crippen LogP contribution in [-0.2, 0) is 21.4 Å². The monoisotopic (exact) mass is 372 g/mol. The summed E-state index contributed by atoms with van der Waals surface area (Å²) in [5.41, 5.74) is 3.36. The molecule has 1 atom stereocenters. The van der Waals surface area contributed by atoms with Crippen molar-refractivity contribution in [3.05, 3.63) is 40.7 Å². The van der Waals surface area contributed by atoms with Crippen molar-refractivity contribution in [2.45, 2.75) is 40.7 Å². The zero-order valence-electron chi connectivity index (χ0n) is 16.3. The Morgan fingerprint density at radius 3 is 2.33 bits per heavy atom. The molecule has 27 heavy (non-hydrogen) atoms. The van der Waals surface area contributed by atoms with Gasteiger partial charge in [0.25, 0.3) is 5.91 Å². The number of aromatic nitrogens is 2. The molecule has 0 aliphatic carbocycles. The number of para-hydroxylation sites is 1. The number of amides is 2. The zero-order chi connectivity index (χ0) is 20.3. The molecule has 2 rings (SSSR count). The molecule has 2 aromatic rings. The average Bonchev–Trinajstić information content (AvgIpc) is 2.82. The van der Waals surface area contributed by atoms with Crippen molar-refractivity contribution in [1.82, 2.24) is 9.78 Å². The van der Waals surface area contributed by atoms with Gasteiger partial charge in [-0.3, -0.25) is 14.3 Å². The predicted molar refractivity (Wildman–Crippen MR) is 102 cm³/mol. The fourth-order valence-electron chi connectivity index (χ4n) is 2.64. The topological polar surface area (TPSA) is 102 Å². The van der Waals surface area contributed by atoms with Gasteiger partial charge >= 0.3 is 5.97 Å². The number of esters is 1. The van der Waals surface area contributed by atoms with Crippen LogP contribution in [0.5, 0.6) is 0 Å². The first-order valence-corrected chi connectivity index (χ1v) is 8.51. The number of aryl methyl sites for hydroxylation is 3. The maximum atomic E-state index is 12.5. The van der Waals surface area contributed by atoms with E-state index in [1.807, 2.05) is 6.92 Å². The lowest BCUT2D eigenvalue weighted by Crippen LogP contribution is -2.30. The third-order valence-electron chi connectivity index (χ3n) is 4.20. The number of benzene rings is 1. The molecular weight excluding hydrogens is 348 g/mol. The quantitative estimate of drug-likeness (QED) is 0.785. The van der Waals surface area contributed by atoms with E-state index in [0.29, 0.717) is 17.1 Å². The molecule has 1 aromatic carbocycles. The van der Waals surface area contributed by atoms with Crippen LogP contribution < -0.4 is 10.6 Å². The largest absolute Gasteiger partial charge is 0.449 e. The summed E-state index contributed by atoms with van der Waals surface area (Å²) in [6.07, 6.45) is -1.03. The first kappa shape index (κ1) is 20.2. The highest BCUT2D eigenvalue weighted by molar-refractivity contribution is 6.03. The van der Waals surface area contributed by atoms with Crippen molar-refractivity contribution in [2.24, 2.45) is 7.05 Å². The third kappa shape index (κ3) is 4.52. The summed E-state index contributed by atoms with van der Waals surface area (Å²) < 4.78 is 6.97. The van der Waals surface area contributed by atoms with Crippen LogP contribution in [0.4, 0.5) is 11.4 Å². The van der Waals surface area contributed by atoms with Crippen LogP contribution in [0.2, 0.25) is 0 Å². The van der Waals surface area contributed by atoms with Gasteiger partial charge in [-0.25, -0.2) is 4.79 Å². The van der Waals surface area contributed by atoms with Gasteiger partial charge in [-0.1, -0.05) is 12.1 Å². The molecule has 1 heterocycles. The van der Waals surface area contributed by atoms with Crippen LogP contribution in [0.15, 0.2) is 18.2 Å². The van der Waals surface area contributed by atoms with Crippen LogP contribution in [0.1, 0.15) is 41.2 Å². The van der Waals surface area contributed by atoms with Gasteiger partial charge in [0, 0.05) is 14.0 Å². The van der Waals surface area contributed by atoms with E-state index >= 15 is 0 Å². The molecule has 0 saturated heterocycles. The van der Waals surface area contributed by atoms with Crippen LogP contribution in [-0.4, -0.2) is 33.7 Å². The van der Waals surface area contributed by atoms with Crippen molar-refractivity contribution in [2.75, 3.05) is 10.6 Å². The Labute approximate surface area is 157 Å². The number of nitrogens with one attached hydrogen (secondary N) is 2. The number of anilines is 2. The second-order valence-corrected chi connectivity index (χ2v) is 6.38. The van der Waals surface area contributed by atoms with Crippen molar-refractivity contribution in [3.8, 4) is 0 Å². The Kier molecular flexibility index (Phi) is 5.99. The number of ether oxygens (including phenoxy) is 1. The van der Waals surface area contributed by atoms with Gasteiger partial charge in [0.15, 0.2) is 6.10 Å². The number of nitrogens with zero attached hydrogens (tertiary/aromatic N) is 2. The number of hydrogen-bond acceptors (Lipinski definition) is 5. The number of rotatable bonds is 5. The molecule has 0 saturated carbocycles. The minimum atomic E-state index is -1.03. The summed E-state index contributed by atoms with van der Waals surface area (Å²) in [5.74, 6) is -1.45. The van der Waals surface area contributed by atoms with Crippen molar-refractivity contribution < 1.29 is 19.1 Å². The van der Waals surface area contributed by atoms with Crippen molar-refractivity contribution in [3.63, 3.8) is 0 Å². The Hall–Kier alpha value is -3.16. The molecule has 0 aliphatic heterocycles. The van der Waals surface area contributed by atoms with E-state index in [4.69, 9.17) is 4.74 Å². The lowest BCUT2D eigenvalue weighted by Gasteiger charge is -2.16. The molecule has 8 nitrogen and oxygen atoms in total. The summed E-state index contributed by atoms with van der Waals surface area (Å²) >= 11 is 0. The zero-order valence-corrected chi connectivity index (χ0v) is 16.3.